The number of amides is 2. The van der Waals surface area contributed by atoms with E-state index in [2.05, 4.69) is 25.0 Å². The van der Waals surface area contributed by atoms with Gasteiger partial charge in [-0.05, 0) is 84.4 Å². The number of carbonyl (C=O) groups excluding carboxylic acids is 2. The first-order valence-electron chi connectivity index (χ1n) is 14.3. The van der Waals surface area contributed by atoms with Crippen LogP contribution in [0.5, 0.6) is 0 Å². The summed E-state index contributed by atoms with van der Waals surface area (Å²) in [6.07, 6.45) is 3.49. The van der Waals surface area contributed by atoms with Gasteiger partial charge in [-0.1, -0.05) is 37.8 Å². The molecule has 0 saturated heterocycles. The third-order valence-corrected chi connectivity index (χ3v) is 11.6. The van der Waals surface area contributed by atoms with Crippen molar-refractivity contribution in [3.63, 3.8) is 0 Å². The van der Waals surface area contributed by atoms with Crippen LogP contribution in [0.4, 0.5) is 10.5 Å². The van der Waals surface area contributed by atoms with Gasteiger partial charge < -0.3 is 25.0 Å². The maximum absolute atomic E-state index is 13.2. The van der Waals surface area contributed by atoms with E-state index in [0.717, 1.165) is 30.0 Å². The molecule has 2 saturated carbocycles. The average molecular weight is 601 g/mol. The van der Waals surface area contributed by atoms with Gasteiger partial charge >= 0.3 is 13.2 Å². The van der Waals surface area contributed by atoms with Crippen LogP contribution in [-0.2, 0) is 32.3 Å². The standard InChI is InChI=1S/C29H41BN2O7SSi/c1-32(29(34)39-15-16-41(2,3)4)19-22-18-24(9-13-27(22)40(37,38)25-10-11-25)31-28(33)14-7-21-17-23(30(35)36)8-12-26(21)20-5-6-20/h8-9,12-13,17-18,20,25,35-36H,5-7,10-11,14-16,19H2,1-4H3,(H,31,33). The molecule has 3 N–H and O–H groups in total. The van der Waals surface area contributed by atoms with Crippen LogP contribution in [0.15, 0.2) is 41.3 Å². The molecule has 2 aromatic rings. The van der Waals surface area contributed by atoms with Crippen LogP contribution in [0.1, 0.15) is 54.7 Å². The van der Waals surface area contributed by atoms with Crippen molar-refractivity contribution in [3.05, 3.63) is 53.1 Å². The molecule has 41 heavy (non-hydrogen) atoms. The summed E-state index contributed by atoms with van der Waals surface area (Å²) >= 11 is 0. The van der Waals surface area contributed by atoms with Crippen LogP contribution in [0, 0.1) is 0 Å². The monoisotopic (exact) mass is 600 g/mol. The van der Waals surface area contributed by atoms with Crippen molar-refractivity contribution in [2.24, 2.45) is 0 Å². The van der Waals surface area contributed by atoms with E-state index in [4.69, 9.17) is 4.74 Å². The number of benzene rings is 2. The van der Waals surface area contributed by atoms with Gasteiger partial charge in [0.25, 0.3) is 0 Å². The number of hydrogen-bond acceptors (Lipinski definition) is 7. The van der Waals surface area contributed by atoms with Crippen molar-refractivity contribution < 1.29 is 32.8 Å². The zero-order valence-electron chi connectivity index (χ0n) is 24.4. The van der Waals surface area contributed by atoms with E-state index in [-0.39, 0.29) is 23.8 Å². The van der Waals surface area contributed by atoms with Crippen molar-refractivity contribution in [1.82, 2.24) is 4.90 Å². The Hall–Kier alpha value is -2.67. The predicted molar refractivity (Wildman–Crippen MR) is 163 cm³/mol. The second-order valence-corrected chi connectivity index (χ2v) is 20.3. The third kappa shape index (κ3) is 8.67. The minimum absolute atomic E-state index is 0.0256. The van der Waals surface area contributed by atoms with E-state index in [9.17, 15) is 28.1 Å². The van der Waals surface area contributed by atoms with Crippen molar-refractivity contribution in [2.45, 2.75) is 86.8 Å². The number of anilines is 1. The van der Waals surface area contributed by atoms with Gasteiger partial charge in [-0.15, -0.1) is 0 Å². The summed E-state index contributed by atoms with van der Waals surface area (Å²) in [4.78, 5) is 27.1. The van der Waals surface area contributed by atoms with Crippen molar-refractivity contribution >= 4 is 48.2 Å². The van der Waals surface area contributed by atoms with Crippen molar-refractivity contribution in [2.75, 3.05) is 19.0 Å². The first-order valence-corrected chi connectivity index (χ1v) is 19.5. The van der Waals surface area contributed by atoms with Crippen molar-refractivity contribution in [1.29, 1.82) is 0 Å². The number of carbonyl (C=O) groups is 2. The zero-order chi connectivity index (χ0) is 29.9. The second-order valence-electron chi connectivity index (χ2n) is 12.5. The fourth-order valence-corrected chi connectivity index (χ4v) is 7.33. The van der Waals surface area contributed by atoms with Gasteiger partial charge in [0.05, 0.1) is 23.3 Å². The van der Waals surface area contributed by atoms with E-state index in [1.165, 1.54) is 11.0 Å². The molecule has 0 aliphatic heterocycles. The van der Waals surface area contributed by atoms with E-state index in [1.54, 1.807) is 31.3 Å². The summed E-state index contributed by atoms with van der Waals surface area (Å²) in [6.45, 7) is 6.94. The molecule has 0 radical (unpaired) electrons. The largest absolute Gasteiger partial charge is 0.488 e. The maximum atomic E-state index is 13.2. The number of nitrogens with one attached hydrogen (secondary N) is 1. The fraction of sp³-hybridized carbons (Fsp3) is 0.517. The molecule has 0 heterocycles. The maximum Gasteiger partial charge on any atom is 0.488 e. The first kappa shape index (κ1) is 31.3. The van der Waals surface area contributed by atoms with Gasteiger partial charge in [0.2, 0.25) is 5.91 Å². The Bertz CT molecular complexity index is 1390. The average Bonchev–Trinajstić information content (AvgIpc) is 3.79. The molecule has 2 fully saturated rings. The molecular weight excluding hydrogens is 559 g/mol. The molecule has 0 bridgehead atoms. The normalized spacial score (nSPS) is 15.4. The molecule has 2 amide bonds. The lowest BCUT2D eigenvalue weighted by molar-refractivity contribution is -0.116. The highest BCUT2D eigenvalue weighted by Crippen LogP contribution is 2.41. The molecule has 9 nitrogen and oxygen atoms in total. The van der Waals surface area contributed by atoms with E-state index in [1.807, 2.05) is 6.07 Å². The Morgan fingerprint density at radius 2 is 1.76 bits per heavy atom. The van der Waals surface area contributed by atoms with Crippen LogP contribution in [0.25, 0.3) is 0 Å². The molecule has 222 valence electrons. The molecule has 2 aliphatic rings. The highest BCUT2D eigenvalue weighted by atomic mass is 32.2. The van der Waals surface area contributed by atoms with Crippen LogP contribution in [0.3, 0.4) is 0 Å². The van der Waals surface area contributed by atoms with Crippen LogP contribution in [0.2, 0.25) is 25.7 Å². The lowest BCUT2D eigenvalue weighted by Gasteiger charge is -2.21. The number of nitrogens with zero attached hydrogens (tertiary/aromatic N) is 1. The van der Waals surface area contributed by atoms with E-state index < -0.39 is 36.4 Å². The van der Waals surface area contributed by atoms with Crippen LogP contribution >= 0.6 is 0 Å². The lowest BCUT2D eigenvalue weighted by Crippen LogP contribution is -2.30. The number of aryl methyl sites for hydroxylation is 1. The summed E-state index contributed by atoms with van der Waals surface area (Å²) in [5.41, 5.74) is 3.33. The SMILES string of the molecule is CN(Cc1cc(NC(=O)CCc2cc(B(O)O)ccc2C2CC2)ccc1S(=O)(=O)C1CC1)C(=O)OCC[Si](C)(C)C. The Kier molecular flexibility index (Phi) is 9.67. The Morgan fingerprint density at radius 3 is 2.37 bits per heavy atom. The van der Waals surface area contributed by atoms with Gasteiger partial charge in [0, 0.05) is 27.2 Å². The summed E-state index contributed by atoms with van der Waals surface area (Å²) in [5, 5.41) is 21.6. The van der Waals surface area contributed by atoms with E-state index in [0.29, 0.717) is 48.5 Å². The highest BCUT2D eigenvalue weighted by molar-refractivity contribution is 7.92. The molecule has 0 spiro atoms. The number of ether oxygens (including phenoxy) is 1. The Balaban J connectivity index is 1.46. The number of sulfone groups is 1. The van der Waals surface area contributed by atoms with Gasteiger partial charge in [0.1, 0.15) is 0 Å². The van der Waals surface area contributed by atoms with Crippen molar-refractivity contribution in [3.8, 4) is 0 Å². The van der Waals surface area contributed by atoms with Gasteiger partial charge in [-0.25, -0.2) is 13.2 Å². The lowest BCUT2D eigenvalue weighted by atomic mass is 9.78. The molecule has 0 aromatic heterocycles. The molecule has 0 atom stereocenters. The predicted octanol–water partition coefficient (Wildman–Crippen LogP) is 3.66. The summed E-state index contributed by atoms with van der Waals surface area (Å²) in [6, 6.07) is 10.9. The molecular formula is C29H41BN2O7SSi. The fourth-order valence-electron chi connectivity index (χ4n) is 4.76. The first-order chi connectivity index (χ1) is 19.2. The Morgan fingerprint density at radius 1 is 1.05 bits per heavy atom. The molecule has 12 heteroatoms. The second kappa shape index (κ2) is 12.7. The van der Waals surface area contributed by atoms with Gasteiger partial charge in [-0.3, -0.25) is 4.79 Å². The third-order valence-electron chi connectivity index (χ3n) is 7.51. The van der Waals surface area contributed by atoms with Gasteiger partial charge in [0.15, 0.2) is 9.84 Å². The molecule has 2 aliphatic carbocycles. The molecule has 2 aromatic carbocycles. The number of rotatable bonds is 13. The minimum Gasteiger partial charge on any atom is -0.450 e. The zero-order valence-corrected chi connectivity index (χ0v) is 26.2. The number of hydrogen-bond donors (Lipinski definition) is 3. The molecule has 0 unspecified atom stereocenters. The van der Waals surface area contributed by atoms with E-state index >= 15 is 0 Å². The van der Waals surface area contributed by atoms with Crippen LogP contribution in [-0.4, -0.2) is 69.5 Å². The summed E-state index contributed by atoms with van der Waals surface area (Å²) in [7, 11) is -4.92. The topological polar surface area (TPSA) is 133 Å². The van der Waals surface area contributed by atoms with Gasteiger partial charge in [-0.2, -0.15) is 0 Å². The quantitative estimate of drug-likeness (QED) is 0.299. The Labute approximate surface area is 244 Å². The smallest absolute Gasteiger partial charge is 0.450 e. The summed E-state index contributed by atoms with van der Waals surface area (Å²) in [5.74, 6) is 0.199. The summed E-state index contributed by atoms with van der Waals surface area (Å²) < 4.78 is 31.7. The molecule has 4 rings (SSSR count). The minimum atomic E-state index is -3.54. The van der Waals surface area contributed by atoms with Crippen LogP contribution < -0.4 is 10.8 Å². The highest BCUT2D eigenvalue weighted by Gasteiger charge is 2.38.